The van der Waals surface area contributed by atoms with Gasteiger partial charge in [-0.3, -0.25) is 4.90 Å². The van der Waals surface area contributed by atoms with Crippen molar-refractivity contribution in [1.82, 2.24) is 15.5 Å². The summed E-state index contributed by atoms with van der Waals surface area (Å²) in [6.45, 7) is 3.04. The molecule has 1 aliphatic carbocycles. The first kappa shape index (κ1) is 14.4. The molecule has 1 aliphatic heterocycles. The van der Waals surface area contributed by atoms with Crippen LogP contribution in [0.3, 0.4) is 0 Å². The molecule has 4 heteroatoms. The van der Waals surface area contributed by atoms with Gasteiger partial charge in [0.05, 0.1) is 0 Å². The second kappa shape index (κ2) is 6.94. The van der Waals surface area contributed by atoms with Gasteiger partial charge in [0.15, 0.2) is 0 Å². The number of carbonyl (C=O) groups excluding carboxylic acids is 1. The standard InChI is InChI=1S/C17H25N3O/c21-17(19-15-8-9-15)18-13-16(20-10-4-5-11-20)12-14-6-2-1-3-7-14/h1-3,6-7,15-16H,4-5,8-13H2,(H2,18,19,21). The minimum Gasteiger partial charge on any atom is -0.337 e. The molecule has 0 bridgehead atoms. The molecule has 1 heterocycles. The number of hydrogen-bond donors (Lipinski definition) is 2. The molecule has 2 aliphatic rings. The molecule has 0 aromatic heterocycles. The molecule has 1 saturated heterocycles. The summed E-state index contributed by atoms with van der Waals surface area (Å²) in [6, 6.07) is 11.4. The van der Waals surface area contributed by atoms with Gasteiger partial charge in [0.2, 0.25) is 0 Å². The van der Waals surface area contributed by atoms with E-state index in [4.69, 9.17) is 0 Å². The molecule has 21 heavy (non-hydrogen) atoms. The molecular formula is C17H25N3O. The van der Waals surface area contributed by atoms with E-state index in [1.54, 1.807) is 0 Å². The topological polar surface area (TPSA) is 44.4 Å². The molecule has 4 nitrogen and oxygen atoms in total. The Morgan fingerprint density at radius 2 is 1.90 bits per heavy atom. The molecule has 1 unspecified atom stereocenters. The van der Waals surface area contributed by atoms with Gasteiger partial charge in [-0.1, -0.05) is 30.3 Å². The highest BCUT2D eigenvalue weighted by molar-refractivity contribution is 5.74. The number of urea groups is 1. The van der Waals surface area contributed by atoms with Gasteiger partial charge in [-0.2, -0.15) is 0 Å². The van der Waals surface area contributed by atoms with Gasteiger partial charge in [0.25, 0.3) is 0 Å². The van der Waals surface area contributed by atoms with Crippen LogP contribution in [0.4, 0.5) is 4.79 Å². The van der Waals surface area contributed by atoms with Gasteiger partial charge >= 0.3 is 6.03 Å². The van der Waals surface area contributed by atoms with Crippen molar-refractivity contribution in [3.05, 3.63) is 35.9 Å². The van der Waals surface area contributed by atoms with Crippen LogP contribution in [0.1, 0.15) is 31.2 Å². The molecule has 2 amide bonds. The molecule has 2 fully saturated rings. The highest BCUT2D eigenvalue weighted by Crippen LogP contribution is 2.18. The summed E-state index contributed by atoms with van der Waals surface area (Å²) in [4.78, 5) is 14.3. The second-order valence-electron chi connectivity index (χ2n) is 6.22. The molecule has 1 atom stereocenters. The number of hydrogen-bond acceptors (Lipinski definition) is 2. The highest BCUT2D eigenvalue weighted by atomic mass is 16.2. The van der Waals surface area contributed by atoms with Crippen LogP contribution in [0.2, 0.25) is 0 Å². The Hall–Kier alpha value is -1.55. The average Bonchev–Trinajstić information content (AvgIpc) is 3.15. The molecule has 1 aromatic rings. The van der Waals surface area contributed by atoms with Crippen molar-refractivity contribution < 1.29 is 4.79 Å². The Labute approximate surface area is 126 Å². The van der Waals surface area contributed by atoms with Crippen molar-refractivity contribution in [2.24, 2.45) is 0 Å². The van der Waals surface area contributed by atoms with E-state index in [0.29, 0.717) is 12.1 Å². The van der Waals surface area contributed by atoms with E-state index in [9.17, 15) is 4.79 Å². The monoisotopic (exact) mass is 287 g/mol. The summed E-state index contributed by atoms with van der Waals surface area (Å²) >= 11 is 0. The number of benzene rings is 1. The summed E-state index contributed by atoms with van der Waals surface area (Å²) in [7, 11) is 0. The van der Waals surface area contributed by atoms with Crippen LogP contribution < -0.4 is 10.6 Å². The van der Waals surface area contributed by atoms with Gasteiger partial charge in [-0.05, 0) is 50.8 Å². The van der Waals surface area contributed by atoms with E-state index in [2.05, 4.69) is 45.9 Å². The van der Waals surface area contributed by atoms with E-state index >= 15 is 0 Å². The summed E-state index contributed by atoms with van der Waals surface area (Å²) in [6.07, 6.45) is 5.82. The van der Waals surface area contributed by atoms with Crippen molar-refractivity contribution >= 4 is 6.03 Å². The maximum absolute atomic E-state index is 11.8. The van der Waals surface area contributed by atoms with Crippen LogP contribution >= 0.6 is 0 Å². The Morgan fingerprint density at radius 3 is 2.57 bits per heavy atom. The van der Waals surface area contributed by atoms with E-state index < -0.39 is 0 Å². The molecule has 114 valence electrons. The largest absolute Gasteiger partial charge is 0.337 e. The summed E-state index contributed by atoms with van der Waals surface area (Å²) < 4.78 is 0. The van der Waals surface area contributed by atoms with Crippen molar-refractivity contribution in [1.29, 1.82) is 0 Å². The maximum Gasteiger partial charge on any atom is 0.315 e. The van der Waals surface area contributed by atoms with E-state index in [1.165, 1.54) is 18.4 Å². The Kier molecular flexibility index (Phi) is 4.76. The number of nitrogens with one attached hydrogen (secondary N) is 2. The lowest BCUT2D eigenvalue weighted by Gasteiger charge is -2.28. The normalized spacial score (nSPS) is 20.2. The first-order valence-electron chi connectivity index (χ1n) is 8.13. The summed E-state index contributed by atoms with van der Waals surface area (Å²) in [5.74, 6) is 0. The van der Waals surface area contributed by atoms with Gasteiger partial charge in [0.1, 0.15) is 0 Å². The smallest absolute Gasteiger partial charge is 0.315 e. The first-order chi connectivity index (χ1) is 10.3. The number of rotatable bonds is 6. The zero-order chi connectivity index (χ0) is 14.5. The molecule has 0 spiro atoms. The second-order valence-corrected chi connectivity index (χ2v) is 6.22. The lowest BCUT2D eigenvalue weighted by molar-refractivity contribution is 0.218. The minimum atomic E-state index is -0.00485. The van der Waals surface area contributed by atoms with Crippen LogP contribution in [0.25, 0.3) is 0 Å². The van der Waals surface area contributed by atoms with Gasteiger partial charge in [0, 0.05) is 18.6 Å². The van der Waals surface area contributed by atoms with Crippen molar-refractivity contribution in [2.75, 3.05) is 19.6 Å². The molecule has 0 radical (unpaired) electrons. The number of likely N-dealkylation sites (tertiary alicyclic amines) is 1. The Bertz CT molecular complexity index is 452. The summed E-state index contributed by atoms with van der Waals surface area (Å²) in [5.41, 5.74) is 1.35. The lowest BCUT2D eigenvalue weighted by atomic mass is 10.0. The Morgan fingerprint density at radius 1 is 1.19 bits per heavy atom. The van der Waals surface area contributed by atoms with Crippen LogP contribution in [-0.2, 0) is 6.42 Å². The fourth-order valence-electron chi connectivity index (χ4n) is 3.00. The number of amides is 2. The van der Waals surface area contributed by atoms with Crippen molar-refractivity contribution in [3.63, 3.8) is 0 Å². The molecule has 1 aromatic carbocycles. The number of nitrogens with zero attached hydrogens (tertiary/aromatic N) is 1. The molecule has 1 saturated carbocycles. The van der Waals surface area contributed by atoms with Crippen LogP contribution in [0.5, 0.6) is 0 Å². The first-order valence-corrected chi connectivity index (χ1v) is 8.13. The quantitative estimate of drug-likeness (QED) is 0.842. The van der Waals surface area contributed by atoms with E-state index in [0.717, 1.165) is 38.9 Å². The minimum absolute atomic E-state index is 0.00485. The fourth-order valence-corrected chi connectivity index (χ4v) is 3.00. The zero-order valence-electron chi connectivity index (χ0n) is 12.6. The highest BCUT2D eigenvalue weighted by Gasteiger charge is 2.25. The van der Waals surface area contributed by atoms with Gasteiger partial charge in [-0.25, -0.2) is 4.79 Å². The zero-order valence-corrected chi connectivity index (χ0v) is 12.6. The van der Waals surface area contributed by atoms with E-state index in [-0.39, 0.29) is 6.03 Å². The predicted octanol–water partition coefficient (Wildman–Crippen LogP) is 2.16. The molecular weight excluding hydrogens is 262 g/mol. The third kappa shape index (κ3) is 4.46. The third-order valence-corrected chi connectivity index (χ3v) is 4.38. The molecule has 3 rings (SSSR count). The predicted molar refractivity (Wildman–Crippen MR) is 84.3 cm³/mol. The maximum atomic E-state index is 11.8. The van der Waals surface area contributed by atoms with Crippen molar-refractivity contribution in [2.45, 2.75) is 44.2 Å². The van der Waals surface area contributed by atoms with Crippen LogP contribution in [0.15, 0.2) is 30.3 Å². The summed E-state index contributed by atoms with van der Waals surface area (Å²) in [5, 5.41) is 6.05. The SMILES string of the molecule is O=C(NCC(Cc1ccccc1)N1CCCC1)NC1CC1. The van der Waals surface area contributed by atoms with E-state index in [1.807, 2.05) is 0 Å². The van der Waals surface area contributed by atoms with Crippen LogP contribution in [0, 0.1) is 0 Å². The van der Waals surface area contributed by atoms with Gasteiger partial charge in [-0.15, -0.1) is 0 Å². The average molecular weight is 287 g/mol. The van der Waals surface area contributed by atoms with Gasteiger partial charge < -0.3 is 10.6 Å². The van der Waals surface area contributed by atoms with Crippen LogP contribution in [-0.4, -0.2) is 42.6 Å². The third-order valence-electron chi connectivity index (χ3n) is 4.38. The lowest BCUT2D eigenvalue weighted by Crippen LogP contribution is -2.47. The van der Waals surface area contributed by atoms with Crippen molar-refractivity contribution in [3.8, 4) is 0 Å². The Balaban J connectivity index is 1.54. The fraction of sp³-hybridized carbons (Fsp3) is 0.588. The number of carbonyl (C=O) groups is 1. The molecule has 2 N–H and O–H groups in total.